The lowest BCUT2D eigenvalue weighted by molar-refractivity contribution is -0.0573. The summed E-state index contributed by atoms with van der Waals surface area (Å²) in [6, 6.07) is 8.54. The van der Waals surface area contributed by atoms with Crippen molar-refractivity contribution in [3.63, 3.8) is 0 Å². The molecule has 4 aliphatic carbocycles. The number of hydrogen-bond donors (Lipinski definition) is 0. The van der Waals surface area contributed by atoms with E-state index in [0.29, 0.717) is 10.8 Å². The summed E-state index contributed by atoms with van der Waals surface area (Å²) in [5.41, 5.74) is 5.06. The summed E-state index contributed by atoms with van der Waals surface area (Å²) in [5.74, 6) is 5.43. The molecule has 0 unspecified atom stereocenters. The van der Waals surface area contributed by atoms with Gasteiger partial charge in [0.1, 0.15) is 0 Å². The number of thiazole rings is 1. The summed E-state index contributed by atoms with van der Waals surface area (Å²) in [4.78, 5) is 0.986. The number of allylic oxidation sites excluding steroid dienone is 2. The second-order valence-electron chi connectivity index (χ2n) is 14.6. The van der Waals surface area contributed by atoms with Gasteiger partial charge in [-0.25, -0.2) is 0 Å². The molecule has 0 spiro atoms. The minimum Gasteiger partial charge on any atom is -0.318 e. The van der Waals surface area contributed by atoms with Crippen LogP contribution in [0.25, 0.3) is 10.2 Å². The summed E-state index contributed by atoms with van der Waals surface area (Å²) >= 11 is 1.73. The third-order valence-corrected chi connectivity index (χ3v) is 13.3. The Kier molecular flexibility index (Phi) is 7.48. The van der Waals surface area contributed by atoms with Crippen LogP contribution in [0.2, 0.25) is 0 Å². The molecule has 6 rings (SSSR count). The maximum Gasteiger partial charge on any atom is 0.211 e. The Morgan fingerprint density at radius 3 is 2.56 bits per heavy atom. The lowest BCUT2D eigenvalue weighted by Crippen LogP contribution is -2.51. The van der Waals surface area contributed by atoms with Crippen LogP contribution in [0.3, 0.4) is 0 Å². The van der Waals surface area contributed by atoms with E-state index in [9.17, 15) is 0 Å². The highest BCUT2D eigenvalue weighted by Gasteiger charge is 2.59. The Hall–Kier alpha value is -1.68. The van der Waals surface area contributed by atoms with Gasteiger partial charge in [-0.3, -0.25) is 0 Å². The summed E-state index contributed by atoms with van der Waals surface area (Å²) in [6.45, 7) is 12.7. The van der Waals surface area contributed by atoms with Gasteiger partial charge in [0.15, 0.2) is 0 Å². The van der Waals surface area contributed by atoms with Gasteiger partial charge in [0.05, 0.1) is 15.9 Å². The number of para-hydroxylation sites is 1. The molecule has 0 aliphatic heterocycles. The van der Waals surface area contributed by atoms with Crippen LogP contribution < -0.4 is 4.80 Å². The van der Waals surface area contributed by atoms with Gasteiger partial charge >= 0.3 is 0 Å². The first-order chi connectivity index (χ1) is 18.7. The number of rotatable bonds is 6. The molecular weight excluding hydrogens is 494 g/mol. The molecule has 0 radical (unpaired) electrons. The molecule has 212 valence electrons. The Labute approximate surface area is 240 Å². The van der Waals surface area contributed by atoms with Crippen molar-refractivity contribution in [3.8, 4) is 0 Å². The second-order valence-corrected chi connectivity index (χ2v) is 15.6. The molecule has 39 heavy (non-hydrogen) atoms. The molecule has 0 N–H and O–H groups in total. The number of benzene rings is 1. The Morgan fingerprint density at radius 2 is 1.77 bits per heavy atom. The zero-order chi connectivity index (χ0) is 27.4. The lowest BCUT2D eigenvalue weighted by Gasteiger charge is -2.58. The summed E-state index contributed by atoms with van der Waals surface area (Å²) in [7, 11) is 2.10. The molecule has 1 aromatic carbocycles. The van der Waals surface area contributed by atoms with Crippen molar-refractivity contribution in [1.29, 1.82) is 0 Å². The smallest absolute Gasteiger partial charge is 0.211 e. The molecule has 4 heteroatoms. The minimum atomic E-state index is 0.368. The standard InChI is InChI=1S/C35H51N3S/c1-23(2)10-9-11-24(3)28-16-17-29-27-15-14-25-22-26(18-20-34(25,4)30(27)19-21-35(28,29)5)36-37-33-38(6)31-12-7-8-13-32(31)39-33/h7-8,12-13,22-24,27-30H,9-11,14-21H2,1-6H3/b36-26+,37-33+/t24-,27+,28-,29+,30+,34+,35-/m1/s1. The fourth-order valence-corrected chi connectivity index (χ4v) is 10.9. The van der Waals surface area contributed by atoms with Crippen LogP contribution in [-0.4, -0.2) is 10.3 Å². The van der Waals surface area contributed by atoms with Crippen molar-refractivity contribution >= 4 is 27.3 Å². The zero-order valence-electron chi connectivity index (χ0n) is 25.4. The number of nitrogens with zero attached hydrogens (tertiary/aromatic N) is 3. The maximum atomic E-state index is 4.82. The molecule has 1 heterocycles. The van der Waals surface area contributed by atoms with E-state index in [1.807, 2.05) is 0 Å². The van der Waals surface area contributed by atoms with Crippen molar-refractivity contribution in [2.24, 2.45) is 63.6 Å². The summed E-state index contributed by atoms with van der Waals surface area (Å²) < 4.78 is 3.45. The van der Waals surface area contributed by atoms with Gasteiger partial charge in [0.2, 0.25) is 4.80 Å². The number of hydrogen-bond acceptors (Lipinski definition) is 3. The van der Waals surface area contributed by atoms with Gasteiger partial charge in [0, 0.05) is 7.05 Å². The highest BCUT2D eigenvalue weighted by Crippen LogP contribution is 2.67. The van der Waals surface area contributed by atoms with Crippen LogP contribution in [0.15, 0.2) is 46.1 Å². The molecule has 3 saturated carbocycles. The normalized spacial score (nSPS) is 36.6. The van der Waals surface area contributed by atoms with Gasteiger partial charge in [0.25, 0.3) is 0 Å². The SMILES string of the molecule is CC(C)CCC[C@@H](C)[C@H]1CC[C@H]2[C@@H]3CCC4=C/C(=N/N=c5/sc6ccccc6n5C)CC[C@]4(C)[C@H]3CC[C@]12C. The van der Waals surface area contributed by atoms with E-state index in [1.165, 1.54) is 80.1 Å². The van der Waals surface area contributed by atoms with E-state index in [2.05, 4.69) is 76.6 Å². The Bertz CT molecular complexity index is 1330. The van der Waals surface area contributed by atoms with Crippen molar-refractivity contribution in [2.45, 2.75) is 105 Å². The predicted molar refractivity (Wildman–Crippen MR) is 167 cm³/mol. The maximum absolute atomic E-state index is 4.82. The highest BCUT2D eigenvalue weighted by atomic mass is 32.1. The van der Waals surface area contributed by atoms with E-state index < -0.39 is 0 Å². The van der Waals surface area contributed by atoms with Gasteiger partial charge < -0.3 is 4.57 Å². The average molecular weight is 546 g/mol. The molecule has 0 amide bonds. The predicted octanol–water partition coefficient (Wildman–Crippen LogP) is 9.54. The fourth-order valence-electron chi connectivity index (χ4n) is 9.96. The van der Waals surface area contributed by atoms with E-state index in [1.54, 1.807) is 16.9 Å². The molecule has 7 atom stereocenters. The quantitative estimate of drug-likeness (QED) is 0.324. The number of aryl methyl sites for hydroxylation is 1. The van der Waals surface area contributed by atoms with E-state index in [4.69, 9.17) is 10.2 Å². The summed E-state index contributed by atoms with van der Waals surface area (Å²) in [6.07, 6.45) is 17.6. The molecule has 4 aliphatic rings. The fraction of sp³-hybridized carbons (Fsp3) is 0.714. The Balaban J connectivity index is 1.19. The molecule has 0 bridgehead atoms. The molecular formula is C35H51N3S. The molecule has 1 aromatic heterocycles. The first-order valence-corrected chi connectivity index (χ1v) is 16.9. The van der Waals surface area contributed by atoms with Crippen LogP contribution in [0.4, 0.5) is 0 Å². The number of aromatic nitrogens is 1. The van der Waals surface area contributed by atoms with E-state index >= 15 is 0 Å². The van der Waals surface area contributed by atoms with Gasteiger partial charge in [-0.1, -0.05) is 82.9 Å². The van der Waals surface area contributed by atoms with Crippen LogP contribution in [0, 0.1) is 46.3 Å². The van der Waals surface area contributed by atoms with Gasteiger partial charge in [-0.15, -0.1) is 5.10 Å². The van der Waals surface area contributed by atoms with Crippen molar-refractivity contribution < 1.29 is 0 Å². The van der Waals surface area contributed by atoms with Crippen molar-refractivity contribution in [2.75, 3.05) is 0 Å². The van der Waals surface area contributed by atoms with Gasteiger partial charge in [-0.2, -0.15) is 5.10 Å². The highest BCUT2D eigenvalue weighted by molar-refractivity contribution is 7.16. The van der Waals surface area contributed by atoms with Crippen LogP contribution in [0.5, 0.6) is 0 Å². The zero-order valence-corrected chi connectivity index (χ0v) is 26.2. The van der Waals surface area contributed by atoms with Crippen molar-refractivity contribution in [3.05, 3.63) is 40.7 Å². The average Bonchev–Trinajstić information content (AvgIpc) is 3.43. The van der Waals surface area contributed by atoms with E-state index in [-0.39, 0.29) is 0 Å². The third-order valence-electron chi connectivity index (χ3n) is 12.2. The largest absolute Gasteiger partial charge is 0.318 e. The lowest BCUT2D eigenvalue weighted by atomic mass is 9.46. The second kappa shape index (κ2) is 10.6. The molecule has 3 nitrogen and oxygen atoms in total. The topological polar surface area (TPSA) is 29.6 Å². The van der Waals surface area contributed by atoms with Gasteiger partial charge in [-0.05, 0) is 116 Å². The molecule has 0 saturated heterocycles. The van der Waals surface area contributed by atoms with Crippen LogP contribution in [-0.2, 0) is 7.05 Å². The first kappa shape index (κ1) is 27.5. The van der Waals surface area contributed by atoms with Crippen LogP contribution in [0.1, 0.15) is 105 Å². The third kappa shape index (κ3) is 4.81. The summed E-state index contributed by atoms with van der Waals surface area (Å²) in [5, 5.41) is 9.56. The monoisotopic (exact) mass is 545 g/mol. The van der Waals surface area contributed by atoms with Crippen LogP contribution >= 0.6 is 11.3 Å². The number of fused-ring (bicyclic) bond motifs is 6. The molecule has 2 aromatic rings. The first-order valence-electron chi connectivity index (χ1n) is 16.1. The Morgan fingerprint density at radius 1 is 0.949 bits per heavy atom. The van der Waals surface area contributed by atoms with Crippen molar-refractivity contribution in [1.82, 2.24) is 4.57 Å². The molecule has 3 fully saturated rings. The minimum absolute atomic E-state index is 0.368. The van der Waals surface area contributed by atoms with E-state index in [0.717, 1.165) is 46.7 Å².